The number of anilines is 1. The Morgan fingerprint density at radius 3 is 2.34 bits per heavy atom. The topological polar surface area (TPSA) is 128 Å². The predicted molar refractivity (Wildman–Crippen MR) is 120 cm³/mol. The smallest absolute Gasteiger partial charge is 0.419 e. The van der Waals surface area contributed by atoms with E-state index in [1.165, 1.54) is 52.3 Å². The van der Waals surface area contributed by atoms with Crippen molar-refractivity contribution < 1.29 is 26.0 Å². The molecule has 32 heavy (non-hydrogen) atoms. The van der Waals surface area contributed by atoms with Crippen LogP contribution in [0.2, 0.25) is 0 Å². The minimum absolute atomic E-state index is 0.0498. The summed E-state index contributed by atoms with van der Waals surface area (Å²) in [6, 6.07) is 8.10. The van der Waals surface area contributed by atoms with Crippen molar-refractivity contribution in [2.24, 2.45) is 7.05 Å². The Kier molecular flexibility index (Phi) is 6.67. The maximum absolute atomic E-state index is 13.1. The van der Waals surface area contributed by atoms with Gasteiger partial charge in [0.05, 0.1) is 22.7 Å². The number of oxazole rings is 1. The van der Waals surface area contributed by atoms with Gasteiger partial charge >= 0.3 is 5.76 Å². The average Bonchev–Trinajstić information content (AvgIpc) is 3.03. The highest BCUT2D eigenvalue weighted by atomic mass is 32.2. The van der Waals surface area contributed by atoms with Gasteiger partial charge in [-0.2, -0.15) is 4.31 Å². The molecular formula is C20H25N3O7S2. The predicted octanol–water partition coefficient (Wildman–Crippen LogP) is 2.36. The van der Waals surface area contributed by atoms with Crippen LogP contribution < -0.4 is 15.2 Å². The van der Waals surface area contributed by atoms with E-state index in [-0.39, 0.29) is 46.5 Å². The van der Waals surface area contributed by atoms with E-state index in [1.807, 2.05) is 0 Å². The number of fused-ring (bicyclic) bond motifs is 1. The van der Waals surface area contributed by atoms with E-state index < -0.39 is 25.8 Å². The summed E-state index contributed by atoms with van der Waals surface area (Å²) in [7, 11) is -6.49. The van der Waals surface area contributed by atoms with Gasteiger partial charge in [-0.25, -0.2) is 21.6 Å². The number of rotatable bonds is 9. The van der Waals surface area contributed by atoms with E-state index in [4.69, 9.17) is 9.15 Å². The molecule has 0 fully saturated rings. The number of ether oxygens (including phenoxy) is 1. The summed E-state index contributed by atoms with van der Waals surface area (Å²) in [5, 5.41) is 0. The molecular weight excluding hydrogens is 458 g/mol. The van der Waals surface area contributed by atoms with Crippen LogP contribution >= 0.6 is 0 Å². The first-order chi connectivity index (χ1) is 15.0. The summed E-state index contributed by atoms with van der Waals surface area (Å²) in [5.74, 6) is -0.477. The molecule has 0 aliphatic heterocycles. The third-order valence-electron chi connectivity index (χ3n) is 4.89. The van der Waals surface area contributed by atoms with Gasteiger partial charge in [0.25, 0.3) is 10.0 Å². The molecule has 3 rings (SSSR count). The van der Waals surface area contributed by atoms with Crippen LogP contribution in [0.1, 0.15) is 20.8 Å². The molecule has 0 saturated carbocycles. The van der Waals surface area contributed by atoms with Gasteiger partial charge in [0.15, 0.2) is 5.58 Å². The fourth-order valence-corrected chi connectivity index (χ4v) is 5.93. The van der Waals surface area contributed by atoms with Crippen molar-refractivity contribution in [3.63, 3.8) is 0 Å². The van der Waals surface area contributed by atoms with Crippen LogP contribution in [0.3, 0.4) is 0 Å². The molecule has 3 aromatic rings. The van der Waals surface area contributed by atoms with Gasteiger partial charge in [-0.3, -0.25) is 9.29 Å². The molecule has 10 nitrogen and oxygen atoms in total. The number of aromatic nitrogens is 1. The molecule has 0 bridgehead atoms. The fourth-order valence-electron chi connectivity index (χ4n) is 3.25. The van der Waals surface area contributed by atoms with Crippen LogP contribution in [-0.4, -0.2) is 45.4 Å². The van der Waals surface area contributed by atoms with Crippen molar-refractivity contribution in [3.05, 3.63) is 46.9 Å². The molecule has 0 radical (unpaired) electrons. The fraction of sp³-hybridized carbons (Fsp3) is 0.350. The van der Waals surface area contributed by atoms with Gasteiger partial charge in [-0.1, -0.05) is 13.8 Å². The standard InChI is InChI=1S/C20H25N3O7S2/c1-5-23(6-2)32(27,28)19-12-14(8-11-17(19)29-7-3)21-31(25,26)15-9-10-16-18(13-15)30-20(24)22(16)4/h8-13,21H,5-7H2,1-4H3. The number of aryl methyl sites for hydroxylation is 1. The summed E-state index contributed by atoms with van der Waals surface area (Å²) >= 11 is 0. The molecule has 174 valence electrons. The van der Waals surface area contributed by atoms with Gasteiger partial charge in [0, 0.05) is 26.2 Å². The lowest BCUT2D eigenvalue weighted by molar-refractivity contribution is 0.329. The van der Waals surface area contributed by atoms with E-state index >= 15 is 0 Å². The lowest BCUT2D eigenvalue weighted by Gasteiger charge is -2.21. The lowest BCUT2D eigenvalue weighted by atomic mass is 10.3. The van der Waals surface area contributed by atoms with Crippen LogP contribution in [0.4, 0.5) is 5.69 Å². The Labute approximate surface area is 186 Å². The van der Waals surface area contributed by atoms with Crippen LogP contribution in [0.5, 0.6) is 5.75 Å². The van der Waals surface area contributed by atoms with Crippen molar-refractivity contribution >= 4 is 36.8 Å². The van der Waals surface area contributed by atoms with Gasteiger partial charge in [-0.05, 0) is 37.3 Å². The quantitative estimate of drug-likeness (QED) is 0.495. The van der Waals surface area contributed by atoms with Crippen LogP contribution in [0, 0.1) is 0 Å². The second-order valence-corrected chi connectivity index (χ2v) is 10.4. The maximum Gasteiger partial charge on any atom is 0.419 e. The molecule has 1 aromatic heterocycles. The highest BCUT2D eigenvalue weighted by molar-refractivity contribution is 7.92. The molecule has 0 atom stereocenters. The normalized spacial score (nSPS) is 12.4. The molecule has 0 unspecified atom stereocenters. The summed E-state index contributed by atoms with van der Waals surface area (Å²) in [6.07, 6.45) is 0. The Morgan fingerprint density at radius 1 is 1.03 bits per heavy atom. The third kappa shape index (κ3) is 4.38. The third-order valence-corrected chi connectivity index (χ3v) is 8.34. The Bertz CT molecular complexity index is 1400. The van der Waals surface area contributed by atoms with Crippen LogP contribution in [-0.2, 0) is 27.1 Å². The number of nitrogens with one attached hydrogen (secondary N) is 1. The summed E-state index contributed by atoms with van der Waals surface area (Å²) in [4.78, 5) is 11.4. The number of hydrogen-bond acceptors (Lipinski definition) is 7. The van der Waals surface area contributed by atoms with Gasteiger partial charge in [-0.15, -0.1) is 0 Å². The van der Waals surface area contributed by atoms with Crippen molar-refractivity contribution in [1.29, 1.82) is 0 Å². The molecule has 1 heterocycles. The van der Waals surface area contributed by atoms with Gasteiger partial charge < -0.3 is 9.15 Å². The maximum atomic E-state index is 13.1. The number of benzene rings is 2. The number of nitrogens with zero attached hydrogens (tertiary/aromatic N) is 2. The Balaban J connectivity index is 2.04. The zero-order valence-corrected chi connectivity index (χ0v) is 19.8. The highest BCUT2D eigenvalue weighted by Gasteiger charge is 2.27. The summed E-state index contributed by atoms with van der Waals surface area (Å²) in [5.41, 5.74) is 0.619. The van der Waals surface area contributed by atoms with E-state index in [1.54, 1.807) is 20.8 Å². The second-order valence-electron chi connectivity index (χ2n) is 6.85. The highest BCUT2D eigenvalue weighted by Crippen LogP contribution is 2.31. The average molecular weight is 484 g/mol. The number of hydrogen-bond donors (Lipinski definition) is 1. The zero-order valence-electron chi connectivity index (χ0n) is 18.2. The SMILES string of the molecule is CCOc1ccc(NS(=O)(=O)c2ccc3c(c2)oc(=O)n3C)cc1S(=O)(=O)N(CC)CC. The van der Waals surface area contributed by atoms with Crippen molar-refractivity contribution in [3.8, 4) is 5.75 Å². The zero-order chi connectivity index (χ0) is 23.7. The first-order valence-corrected chi connectivity index (χ1v) is 12.9. The summed E-state index contributed by atoms with van der Waals surface area (Å²) in [6.45, 7) is 5.90. The summed E-state index contributed by atoms with van der Waals surface area (Å²) < 4.78 is 67.4. The largest absolute Gasteiger partial charge is 0.492 e. The molecule has 0 spiro atoms. The molecule has 0 aliphatic rings. The Morgan fingerprint density at radius 2 is 1.72 bits per heavy atom. The molecule has 0 amide bonds. The van der Waals surface area contributed by atoms with Crippen molar-refractivity contribution in [2.45, 2.75) is 30.6 Å². The van der Waals surface area contributed by atoms with Gasteiger partial charge in [0.1, 0.15) is 10.6 Å². The van der Waals surface area contributed by atoms with E-state index in [0.29, 0.717) is 5.52 Å². The van der Waals surface area contributed by atoms with Crippen molar-refractivity contribution in [1.82, 2.24) is 8.87 Å². The van der Waals surface area contributed by atoms with Crippen LogP contribution in [0.25, 0.3) is 11.1 Å². The molecule has 0 saturated heterocycles. The first-order valence-electron chi connectivity index (χ1n) is 9.94. The lowest BCUT2D eigenvalue weighted by Crippen LogP contribution is -2.31. The minimum atomic E-state index is -4.10. The second kappa shape index (κ2) is 8.96. The van der Waals surface area contributed by atoms with E-state index in [9.17, 15) is 21.6 Å². The monoisotopic (exact) mass is 483 g/mol. The van der Waals surface area contributed by atoms with Crippen molar-refractivity contribution in [2.75, 3.05) is 24.4 Å². The van der Waals surface area contributed by atoms with E-state index in [0.717, 1.165) is 0 Å². The molecule has 12 heteroatoms. The van der Waals surface area contributed by atoms with E-state index in [2.05, 4.69) is 4.72 Å². The van der Waals surface area contributed by atoms with Gasteiger partial charge in [0.2, 0.25) is 10.0 Å². The molecule has 1 N–H and O–H groups in total. The molecule has 0 aliphatic carbocycles. The molecule has 2 aromatic carbocycles. The minimum Gasteiger partial charge on any atom is -0.492 e. The Hall–Kier alpha value is -2.83. The first kappa shape index (κ1) is 23.8. The van der Waals surface area contributed by atoms with Crippen LogP contribution in [0.15, 0.2) is 55.4 Å². The number of sulfonamides is 2.